The number of nitrogens with one attached hydrogen (secondary N) is 1. The van der Waals surface area contributed by atoms with Crippen molar-refractivity contribution < 1.29 is 9.84 Å². The van der Waals surface area contributed by atoms with Gasteiger partial charge in [0, 0.05) is 17.3 Å². The maximum atomic E-state index is 9.45. The summed E-state index contributed by atoms with van der Waals surface area (Å²) < 4.78 is 5.51. The molecule has 0 spiro atoms. The molecule has 0 radical (unpaired) electrons. The number of benzene rings is 2. The van der Waals surface area contributed by atoms with Crippen LogP contribution >= 0.6 is 0 Å². The average Bonchev–Trinajstić information content (AvgIpc) is 2.55. The summed E-state index contributed by atoms with van der Waals surface area (Å²) in [7, 11) is 0. The standard InChI is InChI=1S/C19H25NO2/c1-3-22-19-12-11-18(13-17(19)14-21)20-15(2)9-10-16-7-5-4-6-8-16/h4-8,11-13,15,20-21H,3,9-10,14H2,1-2H3. The first-order chi connectivity index (χ1) is 10.7. The van der Waals surface area contributed by atoms with Crippen molar-refractivity contribution in [3.8, 4) is 5.75 Å². The van der Waals surface area contributed by atoms with Crippen LogP contribution in [0.3, 0.4) is 0 Å². The lowest BCUT2D eigenvalue weighted by molar-refractivity contribution is 0.267. The Bertz CT molecular complexity index is 569. The highest BCUT2D eigenvalue weighted by Gasteiger charge is 2.07. The van der Waals surface area contributed by atoms with Crippen LogP contribution in [0.25, 0.3) is 0 Å². The molecule has 3 nitrogen and oxygen atoms in total. The third-order valence-corrected chi connectivity index (χ3v) is 3.65. The van der Waals surface area contributed by atoms with Crippen molar-refractivity contribution in [3.63, 3.8) is 0 Å². The first-order valence-corrected chi connectivity index (χ1v) is 7.90. The first kappa shape index (κ1) is 16.4. The van der Waals surface area contributed by atoms with E-state index in [9.17, 15) is 5.11 Å². The highest BCUT2D eigenvalue weighted by atomic mass is 16.5. The van der Waals surface area contributed by atoms with Gasteiger partial charge in [0.05, 0.1) is 13.2 Å². The van der Waals surface area contributed by atoms with Crippen molar-refractivity contribution in [2.75, 3.05) is 11.9 Å². The van der Waals surface area contributed by atoms with Crippen LogP contribution in [0.4, 0.5) is 5.69 Å². The maximum Gasteiger partial charge on any atom is 0.124 e. The Hall–Kier alpha value is -2.00. The number of ether oxygens (including phenoxy) is 1. The minimum atomic E-state index is -0.0107. The molecule has 2 aromatic rings. The molecule has 2 rings (SSSR count). The molecule has 118 valence electrons. The number of aliphatic hydroxyl groups excluding tert-OH is 1. The minimum Gasteiger partial charge on any atom is -0.494 e. The molecule has 0 fully saturated rings. The van der Waals surface area contributed by atoms with Gasteiger partial charge in [-0.3, -0.25) is 0 Å². The summed E-state index contributed by atoms with van der Waals surface area (Å²) in [5, 5.41) is 12.9. The van der Waals surface area contributed by atoms with Crippen molar-refractivity contribution in [2.24, 2.45) is 0 Å². The molecule has 22 heavy (non-hydrogen) atoms. The Morgan fingerprint density at radius 1 is 1.14 bits per heavy atom. The Labute approximate surface area is 133 Å². The molecule has 2 aromatic carbocycles. The number of rotatable bonds is 8. The van der Waals surface area contributed by atoms with E-state index < -0.39 is 0 Å². The highest BCUT2D eigenvalue weighted by molar-refractivity contribution is 5.51. The molecule has 2 N–H and O–H groups in total. The molecule has 0 saturated heterocycles. The van der Waals surface area contributed by atoms with E-state index in [1.807, 2.05) is 31.2 Å². The number of aryl methyl sites for hydroxylation is 1. The first-order valence-electron chi connectivity index (χ1n) is 7.90. The van der Waals surface area contributed by atoms with Crippen LogP contribution in [-0.4, -0.2) is 17.8 Å². The summed E-state index contributed by atoms with van der Waals surface area (Å²) in [5.41, 5.74) is 3.20. The zero-order valence-electron chi connectivity index (χ0n) is 13.4. The second-order valence-electron chi connectivity index (χ2n) is 5.48. The Kier molecular flexibility index (Phi) is 6.28. The van der Waals surface area contributed by atoms with Gasteiger partial charge in [0.1, 0.15) is 5.75 Å². The summed E-state index contributed by atoms with van der Waals surface area (Å²) in [5.74, 6) is 0.757. The summed E-state index contributed by atoms with van der Waals surface area (Å²) in [4.78, 5) is 0. The van der Waals surface area contributed by atoms with Crippen molar-refractivity contribution >= 4 is 5.69 Å². The smallest absolute Gasteiger partial charge is 0.124 e. The molecule has 0 aliphatic carbocycles. The van der Waals surface area contributed by atoms with E-state index >= 15 is 0 Å². The number of aliphatic hydroxyl groups is 1. The van der Waals surface area contributed by atoms with E-state index in [1.54, 1.807) is 0 Å². The van der Waals surface area contributed by atoms with Gasteiger partial charge in [-0.1, -0.05) is 30.3 Å². The zero-order chi connectivity index (χ0) is 15.8. The Balaban J connectivity index is 1.92. The molecular weight excluding hydrogens is 274 g/mol. The van der Waals surface area contributed by atoms with Crippen molar-refractivity contribution in [1.82, 2.24) is 0 Å². The second kappa shape index (κ2) is 8.44. The van der Waals surface area contributed by atoms with Gasteiger partial charge in [-0.05, 0) is 50.5 Å². The molecule has 0 aliphatic rings. The minimum absolute atomic E-state index is 0.0107. The largest absolute Gasteiger partial charge is 0.494 e. The van der Waals surface area contributed by atoms with E-state index in [0.717, 1.165) is 29.8 Å². The molecule has 0 heterocycles. The van der Waals surface area contributed by atoms with Crippen molar-refractivity contribution in [2.45, 2.75) is 39.3 Å². The molecule has 0 aliphatic heterocycles. The fourth-order valence-electron chi connectivity index (χ4n) is 2.47. The van der Waals surface area contributed by atoms with Crippen LogP contribution in [0.15, 0.2) is 48.5 Å². The lowest BCUT2D eigenvalue weighted by atomic mass is 10.1. The quantitative estimate of drug-likeness (QED) is 0.774. The van der Waals surface area contributed by atoms with Crippen molar-refractivity contribution in [1.29, 1.82) is 0 Å². The fourth-order valence-corrected chi connectivity index (χ4v) is 2.47. The van der Waals surface area contributed by atoms with Crippen LogP contribution < -0.4 is 10.1 Å². The maximum absolute atomic E-state index is 9.45. The van der Waals surface area contributed by atoms with Crippen LogP contribution in [0.5, 0.6) is 5.75 Å². The molecule has 0 bridgehead atoms. The summed E-state index contributed by atoms with van der Waals surface area (Å²) >= 11 is 0. The van der Waals surface area contributed by atoms with Crippen molar-refractivity contribution in [3.05, 3.63) is 59.7 Å². The van der Waals surface area contributed by atoms with E-state index in [4.69, 9.17) is 4.74 Å². The zero-order valence-corrected chi connectivity index (χ0v) is 13.4. The van der Waals surface area contributed by atoms with Gasteiger partial charge < -0.3 is 15.2 Å². The lowest BCUT2D eigenvalue weighted by Gasteiger charge is -2.17. The molecule has 0 amide bonds. The number of hydrogen-bond donors (Lipinski definition) is 2. The molecule has 0 aromatic heterocycles. The van der Waals surface area contributed by atoms with Crippen LogP contribution in [-0.2, 0) is 13.0 Å². The van der Waals surface area contributed by atoms with E-state index in [2.05, 4.69) is 36.5 Å². The van der Waals surface area contributed by atoms with E-state index in [-0.39, 0.29) is 6.61 Å². The third-order valence-electron chi connectivity index (χ3n) is 3.65. The van der Waals surface area contributed by atoms with Gasteiger partial charge in [-0.25, -0.2) is 0 Å². The predicted molar refractivity (Wildman–Crippen MR) is 91.4 cm³/mol. The second-order valence-corrected chi connectivity index (χ2v) is 5.48. The van der Waals surface area contributed by atoms with Gasteiger partial charge in [0.2, 0.25) is 0 Å². The third kappa shape index (κ3) is 4.78. The van der Waals surface area contributed by atoms with Crippen LogP contribution in [0, 0.1) is 0 Å². The number of hydrogen-bond acceptors (Lipinski definition) is 3. The fraction of sp³-hybridized carbons (Fsp3) is 0.368. The molecule has 1 unspecified atom stereocenters. The topological polar surface area (TPSA) is 41.5 Å². The molecule has 3 heteroatoms. The highest BCUT2D eigenvalue weighted by Crippen LogP contribution is 2.24. The average molecular weight is 299 g/mol. The van der Waals surface area contributed by atoms with Crippen LogP contribution in [0.2, 0.25) is 0 Å². The van der Waals surface area contributed by atoms with Gasteiger partial charge in [-0.2, -0.15) is 0 Å². The lowest BCUT2D eigenvalue weighted by Crippen LogP contribution is -2.16. The van der Waals surface area contributed by atoms with Gasteiger partial charge >= 0.3 is 0 Å². The normalized spacial score (nSPS) is 12.0. The van der Waals surface area contributed by atoms with Gasteiger partial charge in [0.15, 0.2) is 0 Å². The molecule has 1 atom stereocenters. The number of anilines is 1. The van der Waals surface area contributed by atoms with Gasteiger partial charge in [-0.15, -0.1) is 0 Å². The summed E-state index contributed by atoms with van der Waals surface area (Å²) in [6, 6.07) is 16.8. The Morgan fingerprint density at radius 3 is 2.59 bits per heavy atom. The van der Waals surface area contributed by atoms with E-state index in [0.29, 0.717) is 12.6 Å². The molecular formula is C19H25NO2. The van der Waals surface area contributed by atoms with E-state index in [1.165, 1.54) is 5.56 Å². The monoisotopic (exact) mass is 299 g/mol. The van der Waals surface area contributed by atoms with Crippen LogP contribution in [0.1, 0.15) is 31.4 Å². The molecule has 0 saturated carbocycles. The Morgan fingerprint density at radius 2 is 1.91 bits per heavy atom. The predicted octanol–water partition coefficient (Wildman–Crippen LogP) is 4.01. The summed E-state index contributed by atoms with van der Waals surface area (Å²) in [6.07, 6.45) is 2.12. The SMILES string of the molecule is CCOc1ccc(NC(C)CCc2ccccc2)cc1CO. The summed E-state index contributed by atoms with van der Waals surface area (Å²) in [6.45, 7) is 4.72. The van der Waals surface area contributed by atoms with Gasteiger partial charge in [0.25, 0.3) is 0 Å².